The van der Waals surface area contributed by atoms with Crippen molar-refractivity contribution < 1.29 is 9.90 Å². The molecule has 0 spiro atoms. The van der Waals surface area contributed by atoms with E-state index in [1.807, 2.05) is 32.0 Å². The molecular weight excluding hydrogens is 166 g/mol. The van der Waals surface area contributed by atoms with Gasteiger partial charge in [-0.15, -0.1) is 0 Å². The molecule has 0 radical (unpaired) electrons. The highest BCUT2D eigenvalue weighted by atomic mass is 16.4. The molecule has 0 aliphatic rings. The predicted octanol–water partition coefficient (Wildman–Crippen LogP) is 1.53. The van der Waals surface area contributed by atoms with Crippen molar-refractivity contribution in [2.24, 2.45) is 0 Å². The minimum Gasteiger partial charge on any atom is -0.478 e. The number of aliphatic carboxylic acids is 1. The zero-order valence-corrected chi connectivity index (χ0v) is 8.45. The second-order valence-electron chi connectivity index (χ2n) is 3.08. The maximum absolute atomic E-state index is 10.7. The van der Waals surface area contributed by atoms with Crippen molar-refractivity contribution in [3.63, 3.8) is 0 Å². The van der Waals surface area contributed by atoms with Crippen molar-refractivity contribution in [2.75, 3.05) is 20.6 Å². The van der Waals surface area contributed by atoms with Crippen LogP contribution in [0.2, 0.25) is 0 Å². The van der Waals surface area contributed by atoms with Crippen LogP contribution in [-0.2, 0) is 4.79 Å². The molecule has 3 nitrogen and oxygen atoms in total. The summed E-state index contributed by atoms with van der Waals surface area (Å²) in [5.41, 5.74) is 0.451. The lowest BCUT2D eigenvalue weighted by molar-refractivity contribution is -0.132. The largest absolute Gasteiger partial charge is 0.478 e. The summed E-state index contributed by atoms with van der Waals surface area (Å²) >= 11 is 0. The van der Waals surface area contributed by atoms with Gasteiger partial charge in [0.1, 0.15) is 0 Å². The van der Waals surface area contributed by atoms with Gasteiger partial charge in [-0.25, -0.2) is 4.79 Å². The highest BCUT2D eigenvalue weighted by molar-refractivity contribution is 5.86. The molecule has 0 saturated carbocycles. The first-order chi connectivity index (χ1) is 6.07. The van der Waals surface area contributed by atoms with Crippen molar-refractivity contribution in [2.45, 2.75) is 13.3 Å². The fourth-order valence-electron chi connectivity index (χ4n) is 0.818. The van der Waals surface area contributed by atoms with Crippen LogP contribution in [-0.4, -0.2) is 36.6 Å². The third kappa shape index (κ3) is 6.11. The Bertz CT molecular complexity index is 217. The van der Waals surface area contributed by atoms with Crippen LogP contribution in [0.1, 0.15) is 13.3 Å². The zero-order chi connectivity index (χ0) is 10.3. The van der Waals surface area contributed by atoms with Crippen LogP contribution in [0.3, 0.4) is 0 Å². The van der Waals surface area contributed by atoms with E-state index >= 15 is 0 Å². The molecule has 0 amide bonds. The van der Waals surface area contributed by atoms with E-state index in [1.54, 1.807) is 12.2 Å². The van der Waals surface area contributed by atoms with Gasteiger partial charge >= 0.3 is 5.97 Å². The fraction of sp³-hybridized carbons (Fsp3) is 0.500. The number of rotatable bonds is 5. The minimum atomic E-state index is -0.833. The molecule has 0 atom stereocenters. The Balaban J connectivity index is 4.19. The number of hydrogen-bond acceptors (Lipinski definition) is 2. The topological polar surface area (TPSA) is 40.5 Å². The van der Waals surface area contributed by atoms with Crippen molar-refractivity contribution in [1.82, 2.24) is 4.90 Å². The summed E-state index contributed by atoms with van der Waals surface area (Å²) in [5.74, 6) is -0.833. The molecule has 1 N–H and O–H groups in total. The van der Waals surface area contributed by atoms with Gasteiger partial charge in [0.25, 0.3) is 0 Å². The van der Waals surface area contributed by atoms with E-state index in [0.717, 1.165) is 6.54 Å². The number of carboxylic acid groups (broad SMARTS) is 1. The Labute approximate surface area is 79.4 Å². The molecule has 0 aromatic heterocycles. The summed E-state index contributed by atoms with van der Waals surface area (Å²) in [5, 5.41) is 8.79. The molecule has 74 valence electrons. The summed E-state index contributed by atoms with van der Waals surface area (Å²) in [6.07, 6.45) is 5.79. The summed E-state index contributed by atoms with van der Waals surface area (Å²) in [7, 11) is 3.85. The molecule has 0 rings (SSSR count). The van der Waals surface area contributed by atoms with Crippen molar-refractivity contribution in [3.05, 3.63) is 23.8 Å². The lowest BCUT2D eigenvalue weighted by atomic mass is 10.1. The van der Waals surface area contributed by atoms with Crippen molar-refractivity contribution >= 4 is 5.97 Å². The van der Waals surface area contributed by atoms with Crippen LogP contribution in [0.15, 0.2) is 23.8 Å². The molecule has 0 aromatic carbocycles. The van der Waals surface area contributed by atoms with E-state index in [9.17, 15) is 4.79 Å². The third-order valence-electron chi connectivity index (χ3n) is 1.59. The molecule has 0 saturated heterocycles. The normalized spacial score (nSPS) is 12.8. The highest BCUT2D eigenvalue weighted by Gasteiger charge is 2.05. The van der Waals surface area contributed by atoms with Gasteiger partial charge in [-0.2, -0.15) is 0 Å². The molecule has 13 heavy (non-hydrogen) atoms. The van der Waals surface area contributed by atoms with E-state index in [1.165, 1.54) is 0 Å². The molecule has 0 heterocycles. The Morgan fingerprint density at radius 2 is 2.08 bits per heavy atom. The van der Waals surface area contributed by atoms with Crippen LogP contribution in [0, 0.1) is 0 Å². The van der Waals surface area contributed by atoms with Gasteiger partial charge in [0.05, 0.1) is 0 Å². The van der Waals surface area contributed by atoms with Gasteiger partial charge in [0.15, 0.2) is 0 Å². The third-order valence-corrected chi connectivity index (χ3v) is 1.59. The van der Waals surface area contributed by atoms with Crippen LogP contribution in [0.25, 0.3) is 0 Å². The first kappa shape index (κ1) is 11.9. The number of carboxylic acids is 1. The fourth-order valence-corrected chi connectivity index (χ4v) is 0.818. The van der Waals surface area contributed by atoms with Crippen molar-refractivity contribution in [3.8, 4) is 0 Å². The van der Waals surface area contributed by atoms with E-state index in [0.29, 0.717) is 12.0 Å². The molecule has 0 unspecified atom stereocenters. The number of carbonyl (C=O) groups is 1. The zero-order valence-electron chi connectivity index (χ0n) is 8.45. The van der Waals surface area contributed by atoms with E-state index in [2.05, 4.69) is 0 Å². The van der Waals surface area contributed by atoms with E-state index in [4.69, 9.17) is 5.11 Å². The molecule has 0 fully saturated rings. The molecule has 3 heteroatoms. The standard InChI is InChI=1S/C10H17NO2/c1-4-5-6-9(10(12)13)7-8-11(2)3/h4-6H,7-8H2,1-3H3,(H,12,13). The van der Waals surface area contributed by atoms with Gasteiger partial charge in [-0.1, -0.05) is 18.2 Å². The van der Waals surface area contributed by atoms with Gasteiger partial charge in [0.2, 0.25) is 0 Å². The molecule has 0 bridgehead atoms. The second-order valence-corrected chi connectivity index (χ2v) is 3.08. The smallest absolute Gasteiger partial charge is 0.331 e. The van der Waals surface area contributed by atoms with E-state index < -0.39 is 5.97 Å². The molecule has 0 aromatic rings. The molecule has 0 aliphatic carbocycles. The minimum absolute atomic E-state index is 0.451. The Kier molecular flexibility index (Phi) is 5.89. The lowest BCUT2D eigenvalue weighted by Crippen LogP contribution is -2.15. The van der Waals surface area contributed by atoms with Crippen LogP contribution in [0.4, 0.5) is 0 Å². The maximum Gasteiger partial charge on any atom is 0.331 e. The quantitative estimate of drug-likeness (QED) is 0.519. The first-order valence-electron chi connectivity index (χ1n) is 4.27. The average molecular weight is 183 g/mol. The number of nitrogens with zero attached hydrogens (tertiary/aromatic N) is 1. The summed E-state index contributed by atoms with van der Waals surface area (Å²) in [4.78, 5) is 12.7. The predicted molar refractivity (Wildman–Crippen MR) is 53.7 cm³/mol. The summed E-state index contributed by atoms with van der Waals surface area (Å²) in [6, 6.07) is 0. The van der Waals surface area contributed by atoms with Gasteiger partial charge < -0.3 is 10.0 Å². The SMILES string of the molecule is CC=CC=C(CCN(C)C)C(=O)O. The lowest BCUT2D eigenvalue weighted by Gasteiger charge is -2.08. The van der Waals surface area contributed by atoms with Crippen molar-refractivity contribution in [1.29, 1.82) is 0 Å². The van der Waals surface area contributed by atoms with Gasteiger partial charge in [-0.05, 0) is 27.4 Å². The first-order valence-corrected chi connectivity index (χ1v) is 4.27. The average Bonchev–Trinajstić information content (AvgIpc) is 2.03. The number of allylic oxidation sites excluding steroid dienone is 3. The van der Waals surface area contributed by atoms with Gasteiger partial charge in [0, 0.05) is 12.1 Å². The van der Waals surface area contributed by atoms with E-state index in [-0.39, 0.29) is 0 Å². The van der Waals surface area contributed by atoms with Gasteiger partial charge in [-0.3, -0.25) is 0 Å². The summed E-state index contributed by atoms with van der Waals surface area (Å²) in [6.45, 7) is 2.62. The Morgan fingerprint density at radius 3 is 2.46 bits per heavy atom. The Morgan fingerprint density at radius 1 is 1.46 bits per heavy atom. The molecule has 0 aliphatic heterocycles. The highest BCUT2D eigenvalue weighted by Crippen LogP contribution is 2.02. The van der Waals surface area contributed by atoms with Crippen LogP contribution in [0.5, 0.6) is 0 Å². The Hall–Kier alpha value is -1.09. The number of hydrogen-bond donors (Lipinski definition) is 1. The maximum atomic E-state index is 10.7. The monoisotopic (exact) mass is 183 g/mol. The van der Waals surface area contributed by atoms with Crippen LogP contribution >= 0.6 is 0 Å². The van der Waals surface area contributed by atoms with Crippen LogP contribution < -0.4 is 0 Å². The molecular formula is C10H17NO2. The second kappa shape index (κ2) is 6.43. The summed E-state index contributed by atoms with van der Waals surface area (Å²) < 4.78 is 0.